The Labute approximate surface area is 134 Å². The molecule has 23 heavy (non-hydrogen) atoms. The average molecular weight is 341 g/mol. The van der Waals surface area contributed by atoms with Gasteiger partial charge in [-0.15, -0.1) is 6.58 Å². The second-order valence-electron chi connectivity index (χ2n) is 4.62. The molecule has 0 heterocycles. The van der Waals surface area contributed by atoms with E-state index in [1.165, 1.54) is 37.4 Å². The first-order chi connectivity index (χ1) is 10.8. The Morgan fingerprint density at radius 1 is 1.30 bits per heavy atom. The number of nitrogens with one attached hydrogen (secondary N) is 2. The Morgan fingerprint density at radius 3 is 2.43 bits per heavy atom. The third kappa shape index (κ3) is 5.72. The lowest BCUT2D eigenvalue weighted by Gasteiger charge is -2.15. The van der Waals surface area contributed by atoms with Gasteiger partial charge < -0.3 is 15.7 Å². The van der Waals surface area contributed by atoms with Gasteiger partial charge in [-0.05, 0) is 24.3 Å². The van der Waals surface area contributed by atoms with Crippen LogP contribution < -0.4 is 10.6 Å². The molecule has 0 aliphatic carbocycles. The summed E-state index contributed by atoms with van der Waals surface area (Å²) < 4.78 is 25.5. The van der Waals surface area contributed by atoms with Crippen molar-refractivity contribution >= 4 is 27.7 Å². The molecule has 0 aliphatic rings. The van der Waals surface area contributed by atoms with Crippen LogP contribution in [0.2, 0.25) is 0 Å². The first kappa shape index (κ1) is 18.7. The molecule has 8 nitrogen and oxygen atoms in total. The van der Waals surface area contributed by atoms with Crippen molar-refractivity contribution < 1.29 is 23.1 Å². The van der Waals surface area contributed by atoms with E-state index in [2.05, 4.69) is 17.2 Å². The Morgan fingerprint density at radius 2 is 1.91 bits per heavy atom. The van der Waals surface area contributed by atoms with Crippen LogP contribution in [0.5, 0.6) is 0 Å². The molecule has 0 saturated carbocycles. The fraction of sp³-hybridized carbons (Fsp3) is 0.286. The number of benzene rings is 1. The van der Waals surface area contributed by atoms with E-state index in [0.29, 0.717) is 5.69 Å². The van der Waals surface area contributed by atoms with Gasteiger partial charge in [0.15, 0.2) is 0 Å². The van der Waals surface area contributed by atoms with Crippen molar-refractivity contribution in [1.29, 1.82) is 0 Å². The van der Waals surface area contributed by atoms with Crippen molar-refractivity contribution in [3.05, 3.63) is 36.9 Å². The third-order valence-corrected chi connectivity index (χ3v) is 4.67. The molecule has 3 N–H and O–H groups in total. The van der Waals surface area contributed by atoms with E-state index in [4.69, 9.17) is 5.11 Å². The van der Waals surface area contributed by atoms with E-state index in [-0.39, 0.29) is 24.4 Å². The number of aliphatic carboxylic acids is 1. The molecule has 0 bridgehead atoms. The molecule has 1 aromatic rings. The van der Waals surface area contributed by atoms with Crippen LogP contribution in [0.1, 0.15) is 6.42 Å². The number of hydrogen-bond acceptors (Lipinski definition) is 4. The standard InChI is InChI=1S/C14H19N3O5S/c1-3-10-17(2)23(21,22)12-6-4-11(5-7-12)16-14(20)15-9-8-13(18)19/h3-7H,1,8-10H2,2H3,(H,18,19)(H2,15,16,20). The summed E-state index contributed by atoms with van der Waals surface area (Å²) in [6, 6.07) is 5.09. The average Bonchev–Trinajstić information content (AvgIpc) is 2.47. The highest BCUT2D eigenvalue weighted by Gasteiger charge is 2.19. The number of carbonyl (C=O) groups excluding carboxylic acids is 1. The SMILES string of the molecule is C=CCN(C)S(=O)(=O)c1ccc(NC(=O)NCCC(=O)O)cc1. The minimum atomic E-state index is -3.60. The number of sulfonamides is 1. The molecule has 0 fully saturated rings. The summed E-state index contributed by atoms with van der Waals surface area (Å²) in [5, 5.41) is 13.3. The number of rotatable bonds is 8. The highest BCUT2D eigenvalue weighted by Crippen LogP contribution is 2.17. The van der Waals surface area contributed by atoms with Gasteiger partial charge in [0.2, 0.25) is 10.0 Å². The number of carboxylic acid groups (broad SMARTS) is 1. The highest BCUT2D eigenvalue weighted by molar-refractivity contribution is 7.89. The molecule has 2 amide bonds. The van der Waals surface area contributed by atoms with Crippen molar-refractivity contribution in [2.24, 2.45) is 0 Å². The molecule has 0 spiro atoms. The zero-order valence-corrected chi connectivity index (χ0v) is 13.5. The summed E-state index contributed by atoms with van der Waals surface area (Å²) >= 11 is 0. The molecule has 1 aromatic carbocycles. The molecular formula is C14H19N3O5S. The fourth-order valence-corrected chi connectivity index (χ4v) is 2.77. The largest absolute Gasteiger partial charge is 0.481 e. The highest BCUT2D eigenvalue weighted by atomic mass is 32.2. The monoisotopic (exact) mass is 341 g/mol. The second-order valence-corrected chi connectivity index (χ2v) is 6.67. The van der Waals surface area contributed by atoms with Gasteiger partial charge in [-0.2, -0.15) is 4.31 Å². The van der Waals surface area contributed by atoms with Crippen molar-refractivity contribution in [3.8, 4) is 0 Å². The first-order valence-electron chi connectivity index (χ1n) is 6.71. The maximum absolute atomic E-state index is 12.2. The number of amides is 2. The number of urea groups is 1. The summed E-state index contributed by atoms with van der Waals surface area (Å²) in [5.41, 5.74) is 0.392. The maximum atomic E-state index is 12.2. The molecular weight excluding hydrogens is 322 g/mol. The number of likely N-dealkylation sites (N-methyl/N-ethyl adjacent to an activating group) is 1. The molecule has 9 heteroatoms. The summed E-state index contributed by atoms with van der Waals surface area (Å²) in [6.45, 7) is 3.68. The van der Waals surface area contributed by atoms with Crippen molar-refractivity contribution in [3.63, 3.8) is 0 Å². The summed E-state index contributed by atoms with van der Waals surface area (Å²) in [6.07, 6.45) is 1.30. The van der Waals surface area contributed by atoms with Gasteiger partial charge in [-0.3, -0.25) is 4.79 Å². The lowest BCUT2D eigenvalue weighted by Crippen LogP contribution is -2.30. The van der Waals surface area contributed by atoms with Crippen molar-refractivity contribution in [1.82, 2.24) is 9.62 Å². The number of nitrogens with zero attached hydrogens (tertiary/aromatic N) is 1. The van der Waals surface area contributed by atoms with Gasteiger partial charge in [0.1, 0.15) is 0 Å². The Balaban J connectivity index is 2.68. The minimum Gasteiger partial charge on any atom is -0.481 e. The van der Waals surface area contributed by atoms with Gasteiger partial charge in [-0.1, -0.05) is 6.08 Å². The molecule has 0 aromatic heterocycles. The van der Waals surface area contributed by atoms with E-state index in [1.807, 2.05) is 0 Å². The number of anilines is 1. The van der Waals surface area contributed by atoms with E-state index in [1.54, 1.807) is 0 Å². The maximum Gasteiger partial charge on any atom is 0.319 e. The van der Waals surface area contributed by atoms with E-state index in [9.17, 15) is 18.0 Å². The van der Waals surface area contributed by atoms with Crippen LogP contribution in [-0.2, 0) is 14.8 Å². The van der Waals surface area contributed by atoms with Gasteiger partial charge in [0, 0.05) is 25.8 Å². The predicted molar refractivity (Wildman–Crippen MR) is 85.7 cm³/mol. The molecule has 0 aliphatic heterocycles. The normalized spacial score (nSPS) is 11.0. The zero-order valence-electron chi connectivity index (χ0n) is 12.7. The molecule has 0 radical (unpaired) electrons. The lowest BCUT2D eigenvalue weighted by atomic mass is 10.3. The van der Waals surface area contributed by atoms with Crippen LogP contribution in [0.3, 0.4) is 0 Å². The Bertz CT molecular complexity index is 670. The smallest absolute Gasteiger partial charge is 0.319 e. The van der Waals surface area contributed by atoms with Crippen LogP contribution in [0.25, 0.3) is 0 Å². The van der Waals surface area contributed by atoms with Gasteiger partial charge in [-0.25, -0.2) is 13.2 Å². The number of carbonyl (C=O) groups is 2. The first-order valence-corrected chi connectivity index (χ1v) is 8.15. The zero-order chi connectivity index (χ0) is 17.5. The quantitative estimate of drug-likeness (QED) is 0.612. The molecule has 0 saturated heterocycles. The molecule has 126 valence electrons. The van der Waals surface area contributed by atoms with Crippen LogP contribution in [-0.4, -0.2) is 50.0 Å². The van der Waals surface area contributed by atoms with Crippen LogP contribution >= 0.6 is 0 Å². The third-order valence-electron chi connectivity index (χ3n) is 2.83. The summed E-state index contributed by atoms with van der Waals surface area (Å²) in [4.78, 5) is 21.9. The van der Waals surface area contributed by atoms with Crippen LogP contribution in [0.4, 0.5) is 10.5 Å². The lowest BCUT2D eigenvalue weighted by molar-refractivity contribution is -0.136. The predicted octanol–water partition coefficient (Wildman–Crippen LogP) is 1.09. The van der Waals surface area contributed by atoms with Gasteiger partial charge >= 0.3 is 12.0 Å². The Kier molecular flexibility index (Phi) is 6.73. The molecule has 0 atom stereocenters. The van der Waals surface area contributed by atoms with Crippen LogP contribution in [0, 0.1) is 0 Å². The van der Waals surface area contributed by atoms with Crippen molar-refractivity contribution in [2.75, 3.05) is 25.5 Å². The Hall–Kier alpha value is -2.39. The fourth-order valence-electron chi connectivity index (χ4n) is 1.63. The molecule has 0 unspecified atom stereocenters. The van der Waals surface area contributed by atoms with Crippen LogP contribution in [0.15, 0.2) is 41.8 Å². The van der Waals surface area contributed by atoms with E-state index in [0.717, 1.165) is 4.31 Å². The van der Waals surface area contributed by atoms with Gasteiger partial charge in [0.25, 0.3) is 0 Å². The number of hydrogen-bond donors (Lipinski definition) is 3. The van der Waals surface area contributed by atoms with Crippen molar-refractivity contribution in [2.45, 2.75) is 11.3 Å². The molecule has 1 rings (SSSR count). The number of carboxylic acids is 1. The second kappa shape index (κ2) is 8.30. The van der Waals surface area contributed by atoms with E-state index >= 15 is 0 Å². The topological polar surface area (TPSA) is 116 Å². The van der Waals surface area contributed by atoms with Gasteiger partial charge in [0.05, 0.1) is 11.3 Å². The minimum absolute atomic E-state index is 0.0000224. The summed E-state index contributed by atoms with van der Waals surface area (Å²) in [7, 11) is -2.16. The summed E-state index contributed by atoms with van der Waals surface area (Å²) in [5.74, 6) is -1.01. The van der Waals surface area contributed by atoms with E-state index < -0.39 is 22.0 Å².